The number of piperazine rings is 1. The highest BCUT2D eigenvalue weighted by molar-refractivity contribution is 5.78. The number of carbonyl (C=O) groups is 1. The van der Waals surface area contributed by atoms with Crippen molar-refractivity contribution in [1.29, 1.82) is 5.26 Å². The largest absolute Gasteiger partial charge is 0.422 e. The predicted molar refractivity (Wildman–Crippen MR) is 107 cm³/mol. The molecule has 32 heavy (non-hydrogen) atoms. The third-order valence-corrected chi connectivity index (χ3v) is 5.69. The van der Waals surface area contributed by atoms with Crippen LogP contribution >= 0.6 is 0 Å². The molecule has 0 spiro atoms. The highest BCUT2D eigenvalue weighted by atomic mass is 19.4. The van der Waals surface area contributed by atoms with Crippen LogP contribution in [0.15, 0.2) is 23.1 Å². The van der Waals surface area contributed by atoms with Crippen LogP contribution in [0.5, 0.6) is 0 Å². The zero-order valence-corrected chi connectivity index (χ0v) is 16.9. The van der Waals surface area contributed by atoms with E-state index in [0.717, 1.165) is 5.82 Å². The molecule has 9 nitrogen and oxygen atoms in total. The number of pyridine rings is 1. The lowest BCUT2D eigenvalue weighted by Gasteiger charge is -2.35. The van der Waals surface area contributed by atoms with Gasteiger partial charge in [0.15, 0.2) is 0 Å². The van der Waals surface area contributed by atoms with E-state index in [0.29, 0.717) is 31.7 Å². The highest BCUT2D eigenvalue weighted by Crippen LogP contribution is 2.37. The van der Waals surface area contributed by atoms with Gasteiger partial charge in [0.25, 0.3) is 5.56 Å². The molecule has 1 aliphatic heterocycles. The monoisotopic (exact) mass is 447 g/mol. The SMILES string of the molecule is N#Cc1ccc(N2CCN(CC(=O)N[C@@H]3CCc4c3n[nH]c(=O)c4C(F)(F)F)CC2)nc1. The number of hydrogen-bond donors (Lipinski definition) is 2. The summed E-state index contributed by atoms with van der Waals surface area (Å²) in [5, 5.41) is 17.3. The molecular weight excluding hydrogens is 427 g/mol. The molecule has 12 heteroatoms. The number of fused-ring (bicyclic) bond motifs is 1. The molecule has 1 amide bonds. The Balaban J connectivity index is 1.33. The summed E-state index contributed by atoms with van der Waals surface area (Å²) in [5.74, 6) is 0.450. The number of amides is 1. The molecule has 2 aromatic heterocycles. The van der Waals surface area contributed by atoms with Crippen molar-refractivity contribution in [3.63, 3.8) is 0 Å². The zero-order chi connectivity index (χ0) is 22.9. The Morgan fingerprint density at radius 1 is 1.28 bits per heavy atom. The number of H-pyrrole nitrogens is 1. The fraction of sp³-hybridized carbons (Fsp3) is 0.450. The lowest BCUT2D eigenvalue weighted by molar-refractivity contribution is -0.139. The number of halogens is 3. The van der Waals surface area contributed by atoms with Gasteiger partial charge >= 0.3 is 6.18 Å². The third kappa shape index (κ3) is 4.43. The molecule has 1 fully saturated rings. The first-order valence-electron chi connectivity index (χ1n) is 10.1. The van der Waals surface area contributed by atoms with Crippen molar-refractivity contribution in [3.05, 3.63) is 51.1 Å². The molecule has 0 saturated carbocycles. The molecule has 1 aliphatic carbocycles. The van der Waals surface area contributed by atoms with Crippen molar-refractivity contribution < 1.29 is 18.0 Å². The van der Waals surface area contributed by atoms with Crippen LogP contribution in [0.4, 0.5) is 19.0 Å². The van der Waals surface area contributed by atoms with Gasteiger partial charge in [0, 0.05) is 32.4 Å². The first kappa shape index (κ1) is 21.8. The maximum atomic E-state index is 13.2. The molecule has 168 valence electrons. The molecule has 0 aromatic carbocycles. The summed E-state index contributed by atoms with van der Waals surface area (Å²) in [6, 6.07) is 4.84. The molecule has 2 aromatic rings. The molecule has 2 N–H and O–H groups in total. The normalized spacial score (nSPS) is 18.8. The Labute approximate surface area is 180 Å². The lowest BCUT2D eigenvalue weighted by atomic mass is 10.1. The van der Waals surface area contributed by atoms with Crippen LogP contribution in [0.1, 0.15) is 34.8 Å². The number of nitrogens with one attached hydrogen (secondary N) is 2. The smallest absolute Gasteiger partial charge is 0.354 e. The number of alkyl halides is 3. The molecule has 4 rings (SSSR count). The van der Waals surface area contributed by atoms with Crippen LogP contribution in [0.2, 0.25) is 0 Å². The standard InChI is InChI=1S/C20H20F3N7O2/c21-20(22,23)17-13-2-3-14(18(13)27-28-19(17)32)26-16(31)11-29-5-7-30(8-6-29)15-4-1-12(9-24)10-25-15/h1,4,10,14H,2-3,5-8,11H2,(H,26,31)(H,28,32)/t14-/m1/s1. The van der Waals surface area contributed by atoms with Crippen molar-refractivity contribution in [1.82, 2.24) is 25.4 Å². The number of aromatic nitrogens is 3. The van der Waals surface area contributed by atoms with Crippen LogP contribution in [-0.2, 0) is 17.4 Å². The second-order valence-electron chi connectivity index (χ2n) is 7.73. The Hall–Kier alpha value is -3.46. The van der Waals surface area contributed by atoms with Gasteiger partial charge in [-0.25, -0.2) is 10.1 Å². The summed E-state index contributed by atoms with van der Waals surface area (Å²) in [6.07, 6.45) is -2.97. The van der Waals surface area contributed by atoms with Crippen molar-refractivity contribution >= 4 is 11.7 Å². The molecule has 0 bridgehead atoms. The van der Waals surface area contributed by atoms with Gasteiger partial charge in [0.1, 0.15) is 17.5 Å². The zero-order valence-electron chi connectivity index (χ0n) is 16.9. The number of anilines is 1. The molecule has 2 aliphatic rings. The lowest BCUT2D eigenvalue weighted by Crippen LogP contribution is -2.50. The number of hydrogen-bond acceptors (Lipinski definition) is 7. The minimum absolute atomic E-state index is 0.0301. The Bertz CT molecular complexity index is 1100. The van der Waals surface area contributed by atoms with E-state index in [1.54, 1.807) is 12.1 Å². The van der Waals surface area contributed by atoms with E-state index in [4.69, 9.17) is 5.26 Å². The third-order valence-electron chi connectivity index (χ3n) is 5.69. The Morgan fingerprint density at radius 2 is 2.03 bits per heavy atom. The molecule has 1 saturated heterocycles. The van der Waals surface area contributed by atoms with Crippen molar-refractivity contribution in [2.45, 2.75) is 25.1 Å². The van der Waals surface area contributed by atoms with Gasteiger partial charge in [-0.3, -0.25) is 14.5 Å². The summed E-state index contributed by atoms with van der Waals surface area (Å²) in [4.78, 5) is 32.4. The summed E-state index contributed by atoms with van der Waals surface area (Å²) in [5.41, 5.74) is -2.08. The summed E-state index contributed by atoms with van der Waals surface area (Å²) >= 11 is 0. The van der Waals surface area contributed by atoms with Crippen molar-refractivity contribution in [2.75, 3.05) is 37.6 Å². The van der Waals surface area contributed by atoms with Crippen molar-refractivity contribution in [3.8, 4) is 6.07 Å². The van der Waals surface area contributed by atoms with E-state index in [-0.39, 0.29) is 36.6 Å². The van der Waals surface area contributed by atoms with Gasteiger partial charge in [-0.1, -0.05) is 0 Å². The van der Waals surface area contributed by atoms with E-state index in [1.165, 1.54) is 6.20 Å². The van der Waals surface area contributed by atoms with Gasteiger partial charge in [-0.2, -0.15) is 23.5 Å². The van der Waals surface area contributed by atoms with Gasteiger partial charge in [0.05, 0.1) is 23.8 Å². The van der Waals surface area contributed by atoms with E-state index < -0.39 is 23.3 Å². The number of nitriles is 1. The van der Waals surface area contributed by atoms with Crippen LogP contribution < -0.4 is 15.8 Å². The first-order valence-corrected chi connectivity index (χ1v) is 10.1. The van der Waals surface area contributed by atoms with E-state index in [2.05, 4.69) is 20.3 Å². The van der Waals surface area contributed by atoms with Crippen LogP contribution in [0.3, 0.4) is 0 Å². The fourth-order valence-electron chi connectivity index (χ4n) is 4.12. The van der Waals surface area contributed by atoms with Gasteiger partial charge in [-0.05, 0) is 30.5 Å². The van der Waals surface area contributed by atoms with E-state index in [9.17, 15) is 22.8 Å². The highest BCUT2D eigenvalue weighted by Gasteiger charge is 2.41. The Morgan fingerprint density at radius 3 is 2.66 bits per heavy atom. The van der Waals surface area contributed by atoms with Crippen LogP contribution in [0.25, 0.3) is 0 Å². The topological polar surface area (TPSA) is 118 Å². The van der Waals surface area contributed by atoms with Crippen LogP contribution in [-0.4, -0.2) is 58.7 Å². The van der Waals surface area contributed by atoms with Gasteiger partial charge in [-0.15, -0.1) is 0 Å². The van der Waals surface area contributed by atoms with Gasteiger partial charge in [0.2, 0.25) is 5.91 Å². The maximum Gasteiger partial charge on any atom is 0.422 e. The average molecular weight is 447 g/mol. The number of aromatic amines is 1. The molecule has 0 radical (unpaired) electrons. The van der Waals surface area contributed by atoms with Gasteiger partial charge < -0.3 is 10.2 Å². The molecule has 0 unspecified atom stereocenters. The quantitative estimate of drug-likeness (QED) is 0.717. The second kappa shape index (κ2) is 8.58. The minimum Gasteiger partial charge on any atom is -0.354 e. The summed E-state index contributed by atoms with van der Waals surface area (Å²) in [6.45, 7) is 2.63. The number of rotatable bonds is 4. The average Bonchev–Trinajstić information content (AvgIpc) is 3.15. The summed E-state index contributed by atoms with van der Waals surface area (Å²) in [7, 11) is 0. The fourth-order valence-corrected chi connectivity index (χ4v) is 4.12. The molecule has 3 heterocycles. The second-order valence-corrected chi connectivity index (χ2v) is 7.73. The first-order chi connectivity index (χ1) is 15.3. The molecular formula is C20H20F3N7O2. The number of carbonyl (C=O) groups excluding carboxylic acids is 1. The predicted octanol–water partition coefficient (Wildman–Crippen LogP) is 0.981. The van der Waals surface area contributed by atoms with E-state index >= 15 is 0 Å². The van der Waals surface area contributed by atoms with Crippen LogP contribution in [0, 0.1) is 11.3 Å². The maximum absolute atomic E-state index is 13.2. The molecule has 1 atom stereocenters. The Kier molecular flexibility index (Phi) is 5.84. The number of nitrogens with zero attached hydrogens (tertiary/aromatic N) is 5. The van der Waals surface area contributed by atoms with E-state index in [1.807, 2.05) is 16.1 Å². The summed E-state index contributed by atoms with van der Waals surface area (Å²) < 4.78 is 39.7. The minimum atomic E-state index is -4.77. The van der Waals surface area contributed by atoms with Crippen molar-refractivity contribution in [2.24, 2.45) is 0 Å².